The third-order valence-electron chi connectivity index (χ3n) is 3.07. The number of hydrogen-bond donors (Lipinski definition) is 1. The number of carbonyl (C=O) groups is 1. The van der Waals surface area contributed by atoms with Gasteiger partial charge in [0.15, 0.2) is 6.10 Å². The van der Waals surface area contributed by atoms with Crippen LogP contribution in [0.25, 0.3) is 6.08 Å². The van der Waals surface area contributed by atoms with Crippen LogP contribution in [0.2, 0.25) is 0 Å². The van der Waals surface area contributed by atoms with Crippen LogP contribution in [0.5, 0.6) is 11.5 Å². The van der Waals surface area contributed by atoms with E-state index >= 15 is 0 Å². The molecule has 3 nitrogen and oxygen atoms in total. The molecule has 2 aromatic rings. The molecule has 0 fully saturated rings. The second-order valence-corrected chi connectivity index (χ2v) is 4.74. The molecule has 0 aromatic heterocycles. The molecule has 0 aliphatic carbocycles. The van der Waals surface area contributed by atoms with Gasteiger partial charge in [0.25, 0.3) is 0 Å². The molecule has 3 heteroatoms. The molecule has 2 rings (SSSR count). The van der Waals surface area contributed by atoms with E-state index < -0.39 is 6.10 Å². The normalized spacial score (nSPS) is 12.3. The number of hydrogen-bond acceptors (Lipinski definition) is 3. The van der Waals surface area contributed by atoms with Crippen LogP contribution in [-0.2, 0) is 0 Å². The summed E-state index contributed by atoms with van der Waals surface area (Å²) in [4.78, 5) is 12.2. The van der Waals surface area contributed by atoms with Gasteiger partial charge in [0.05, 0.1) is 0 Å². The second kappa shape index (κ2) is 6.75. The second-order valence-electron chi connectivity index (χ2n) is 4.74. The maximum Gasteiger partial charge on any atom is 0.202 e. The van der Waals surface area contributed by atoms with Gasteiger partial charge in [0, 0.05) is 5.56 Å². The summed E-state index contributed by atoms with van der Waals surface area (Å²) in [5.74, 6) is 0.676. The minimum absolute atomic E-state index is 0.118. The van der Waals surface area contributed by atoms with Crippen molar-refractivity contribution < 1.29 is 14.6 Å². The third kappa shape index (κ3) is 3.96. The summed E-state index contributed by atoms with van der Waals surface area (Å²) in [6, 6.07) is 13.7. The highest BCUT2D eigenvalue weighted by atomic mass is 16.5. The fraction of sp³-hybridized carbons (Fsp3) is 0.167. The average Bonchev–Trinajstić information content (AvgIpc) is 2.49. The van der Waals surface area contributed by atoms with Crippen molar-refractivity contribution >= 4 is 11.9 Å². The lowest BCUT2D eigenvalue weighted by Crippen LogP contribution is -2.23. The predicted octanol–water partition coefficient (Wildman–Crippen LogP) is 4.08. The Kier molecular flexibility index (Phi) is 4.77. The van der Waals surface area contributed by atoms with Gasteiger partial charge in [-0.25, -0.2) is 0 Å². The molecule has 2 aromatic carbocycles. The zero-order valence-corrected chi connectivity index (χ0v) is 12.1. The lowest BCUT2D eigenvalue weighted by atomic mass is 10.1. The minimum Gasteiger partial charge on any atom is -0.508 e. The number of ketones is 1. The SMILES string of the molecule is C/C=C/c1ccc(OC(C)C(=O)c2ccc(O)cc2)cc1. The first-order valence-corrected chi connectivity index (χ1v) is 6.83. The average molecular weight is 282 g/mol. The Balaban J connectivity index is 2.04. The molecule has 0 saturated carbocycles. The van der Waals surface area contributed by atoms with Gasteiger partial charge in [-0.15, -0.1) is 0 Å². The first kappa shape index (κ1) is 14.9. The van der Waals surface area contributed by atoms with Crippen molar-refractivity contribution in [1.29, 1.82) is 0 Å². The maximum atomic E-state index is 12.2. The van der Waals surface area contributed by atoms with E-state index in [1.54, 1.807) is 19.1 Å². The molecule has 0 spiro atoms. The van der Waals surface area contributed by atoms with Crippen molar-refractivity contribution in [3.05, 3.63) is 65.7 Å². The van der Waals surface area contributed by atoms with Crippen LogP contribution < -0.4 is 4.74 Å². The van der Waals surface area contributed by atoms with Gasteiger partial charge in [-0.1, -0.05) is 24.3 Å². The standard InChI is InChI=1S/C18H18O3/c1-3-4-14-5-11-17(12-6-14)21-13(2)18(20)15-7-9-16(19)10-8-15/h3-13,19H,1-2H3/b4-3+. The number of phenols is 1. The number of benzene rings is 2. The number of allylic oxidation sites excluding steroid dienone is 1. The zero-order chi connectivity index (χ0) is 15.2. The lowest BCUT2D eigenvalue weighted by Gasteiger charge is -2.14. The first-order valence-electron chi connectivity index (χ1n) is 6.83. The van der Waals surface area contributed by atoms with E-state index in [-0.39, 0.29) is 11.5 Å². The number of ether oxygens (including phenoxy) is 1. The van der Waals surface area contributed by atoms with Crippen molar-refractivity contribution in [1.82, 2.24) is 0 Å². The van der Waals surface area contributed by atoms with Gasteiger partial charge in [0.1, 0.15) is 11.5 Å². The molecule has 0 amide bonds. The highest BCUT2D eigenvalue weighted by molar-refractivity contribution is 5.99. The molecule has 1 atom stereocenters. The van der Waals surface area contributed by atoms with Crippen LogP contribution in [0.15, 0.2) is 54.6 Å². The van der Waals surface area contributed by atoms with Crippen LogP contribution in [0, 0.1) is 0 Å². The van der Waals surface area contributed by atoms with Crippen molar-refractivity contribution in [2.45, 2.75) is 20.0 Å². The summed E-state index contributed by atoms with van der Waals surface area (Å²) < 4.78 is 5.66. The van der Waals surface area contributed by atoms with Crippen molar-refractivity contribution in [2.24, 2.45) is 0 Å². The molecule has 0 saturated heterocycles. The van der Waals surface area contributed by atoms with Crippen LogP contribution >= 0.6 is 0 Å². The topological polar surface area (TPSA) is 46.5 Å². The number of phenolic OH excluding ortho intramolecular Hbond substituents is 1. The predicted molar refractivity (Wildman–Crippen MR) is 83.7 cm³/mol. The highest BCUT2D eigenvalue weighted by Gasteiger charge is 2.16. The van der Waals surface area contributed by atoms with Crippen LogP contribution in [-0.4, -0.2) is 17.0 Å². The lowest BCUT2D eigenvalue weighted by molar-refractivity contribution is 0.0818. The Bertz CT molecular complexity index is 625. The number of rotatable bonds is 5. The Hall–Kier alpha value is -2.55. The highest BCUT2D eigenvalue weighted by Crippen LogP contribution is 2.17. The van der Waals surface area contributed by atoms with Gasteiger partial charge in [-0.3, -0.25) is 4.79 Å². The molecule has 21 heavy (non-hydrogen) atoms. The summed E-state index contributed by atoms with van der Waals surface area (Å²) in [5.41, 5.74) is 1.60. The van der Waals surface area contributed by atoms with Crippen LogP contribution in [0.3, 0.4) is 0 Å². The molecule has 1 unspecified atom stereocenters. The van der Waals surface area contributed by atoms with Gasteiger partial charge in [-0.2, -0.15) is 0 Å². The molecule has 0 aliphatic rings. The van der Waals surface area contributed by atoms with E-state index in [1.807, 2.05) is 43.3 Å². The zero-order valence-electron chi connectivity index (χ0n) is 12.1. The van der Waals surface area contributed by atoms with Crippen molar-refractivity contribution in [3.63, 3.8) is 0 Å². The summed E-state index contributed by atoms with van der Waals surface area (Å²) >= 11 is 0. The Morgan fingerprint density at radius 1 is 1.10 bits per heavy atom. The summed E-state index contributed by atoms with van der Waals surface area (Å²) in [6.07, 6.45) is 3.38. The summed E-state index contributed by atoms with van der Waals surface area (Å²) in [7, 11) is 0. The van der Waals surface area contributed by atoms with E-state index in [2.05, 4.69) is 0 Å². The van der Waals surface area contributed by atoms with E-state index in [9.17, 15) is 9.90 Å². The fourth-order valence-electron chi connectivity index (χ4n) is 1.97. The first-order chi connectivity index (χ1) is 10.1. The molecule has 0 heterocycles. The minimum atomic E-state index is -0.581. The van der Waals surface area contributed by atoms with Gasteiger partial charge in [-0.05, 0) is 55.8 Å². The van der Waals surface area contributed by atoms with Crippen LogP contribution in [0.4, 0.5) is 0 Å². The molecule has 1 N–H and O–H groups in total. The van der Waals surface area contributed by atoms with Crippen LogP contribution in [0.1, 0.15) is 29.8 Å². The maximum absolute atomic E-state index is 12.2. The summed E-state index contributed by atoms with van der Waals surface area (Å²) in [5, 5.41) is 9.23. The van der Waals surface area contributed by atoms with Crippen molar-refractivity contribution in [3.8, 4) is 11.5 Å². The monoisotopic (exact) mass is 282 g/mol. The Morgan fingerprint density at radius 2 is 1.71 bits per heavy atom. The molecule has 0 bridgehead atoms. The van der Waals surface area contributed by atoms with E-state index in [4.69, 9.17) is 4.74 Å². The van der Waals surface area contributed by atoms with Crippen molar-refractivity contribution in [2.75, 3.05) is 0 Å². The molecular formula is C18H18O3. The van der Waals surface area contributed by atoms with E-state index in [0.717, 1.165) is 5.56 Å². The van der Waals surface area contributed by atoms with Gasteiger partial charge in [0.2, 0.25) is 5.78 Å². The van der Waals surface area contributed by atoms with Gasteiger partial charge >= 0.3 is 0 Å². The molecule has 108 valence electrons. The molecule has 0 aliphatic heterocycles. The smallest absolute Gasteiger partial charge is 0.202 e. The Morgan fingerprint density at radius 3 is 2.29 bits per heavy atom. The molecular weight excluding hydrogens is 264 g/mol. The van der Waals surface area contributed by atoms with Gasteiger partial charge < -0.3 is 9.84 Å². The summed E-state index contributed by atoms with van der Waals surface area (Å²) in [6.45, 7) is 3.68. The number of Topliss-reactive ketones (excluding diaryl/α,β-unsaturated/α-hetero) is 1. The van der Waals surface area contributed by atoms with E-state index in [1.165, 1.54) is 12.1 Å². The Labute approximate surface area is 124 Å². The largest absolute Gasteiger partial charge is 0.508 e. The fourth-order valence-corrected chi connectivity index (χ4v) is 1.97. The number of carbonyl (C=O) groups excluding carboxylic acids is 1. The molecule has 0 radical (unpaired) electrons. The quantitative estimate of drug-likeness (QED) is 0.841. The van der Waals surface area contributed by atoms with E-state index in [0.29, 0.717) is 11.3 Å². The third-order valence-corrected chi connectivity index (χ3v) is 3.07. The number of aromatic hydroxyl groups is 1.